The molecule has 2 amide bonds. The summed E-state index contributed by atoms with van der Waals surface area (Å²) in [6.07, 6.45) is 0.327. The topological polar surface area (TPSA) is 86.8 Å². The highest BCUT2D eigenvalue weighted by atomic mass is 28.3. The molecule has 9 nitrogen and oxygen atoms in total. The van der Waals surface area contributed by atoms with Crippen molar-refractivity contribution in [3.63, 3.8) is 0 Å². The van der Waals surface area contributed by atoms with Crippen LogP contribution in [0.2, 0.25) is 13.1 Å². The Morgan fingerprint density at radius 3 is 2.21 bits per heavy atom. The Morgan fingerprint density at radius 2 is 1.69 bits per heavy atom. The standard InChI is InChI=1S/C32H55N2O7Si/c1-22(2)34(29(35)23-14-15-26(38-10)27(18-23)39-17-13-16-37-9)20-24-19-33(30(36)40-32(6,7)8)21-25(24)28(31(3,4)5)41-42(11)12/h14-15,18,22,24-25,28H,13,16-17,19-21H2,1-12H3. The Bertz CT molecular complexity index is 1020. The van der Waals surface area contributed by atoms with E-state index in [1.807, 2.05) is 39.5 Å². The first-order valence-electron chi connectivity index (χ1n) is 15.0. The molecular weight excluding hydrogens is 552 g/mol. The van der Waals surface area contributed by atoms with E-state index in [2.05, 4.69) is 33.9 Å². The van der Waals surface area contributed by atoms with E-state index in [9.17, 15) is 9.59 Å². The van der Waals surface area contributed by atoms with E-state index in [0.29, 0.717) is 49.9 Å². The molecule has 2 rings (SSSR count). The van der Waals surface area contributed by atoms with E-state index >= 15 is 0 Å². The summed E-state index contributed by atoms with van der Waals surface area (Å²) >= 11 is 0. The molecule has 1 aromatic rings. The second-order valence-corrected chi connectivity index (χ2v) is 15.8. The monoisotopic (exact) mass is 607 g/mol. The van der Waals surface area contributed by atoms with Gasteiger partial charge in [0.15, 0.2) is 11.5 Å². The molecule has 1 heterocycles. The summed E-state index contributed by atoms with van der Waals surface area (Å²) in [6, 6.07) is 5.25. The molecule has 1 radical (unpaired) electrons. The van der Waals surface area contributed by atoms with E-state index in [4.69, 9.17) is 23.4 Å². The lowest BCUT2D eigenvalue weighted by atomic mass is 9.77. The first kappa shape index (κ1) is 35.9. The van der Waals surface area contributed by atoms with Crippen molar-refractivity contribution in [1.29, 1.82) is 0 Å². The molecule has 0 saturated carbocycles. The minimum Gasteiger partial charge on any atom is -0.493 e. The van der Waals surface area contributed by atoms with Crippen LogP contribution in [0, 0.1) is 17.3 Å². The Morgan fingerprint density at radius 1 is 1.02 bits per heavy atom. The van der Waals surface area contributed by atoms with E-state index in [-0.39, 0.29) is 41.4 Å². The van der Waals surface area contributed by atoms with Crippen molar-refractivity contribution in [2.75, 3.05) is 47.1 Å². The lowest BCUT2D eigenvalue weighted by Gasteiger charge is -2.40. The van der Waals surface area contributed by atoms with Crippen LogP contribution in [0.4, 0.5) is 4.79 Å². The molecule has 239 valence electrons. The molecule has 1 fully saturated rings. The molecule has 0 aromatic heterocycles. The summed E-state index contributed by atoms with van der Waals surface area (Å²) < 4.78 is 28.9. The number of nitrogens with zero attached hydrogens (tertiary/aromatic N) is 2. The number of carbonyl (C=O) groups is 2. The SMILES string of the molecule is COCCCOc1cc(C(=O)N(CC2CN(C(=O)OC(C)(C)C)CC2C(O[Si](C)C)C(C)(C)C)C(C)C)ccc1OC. The second-order valence-electron chi connectivity index (χ2n) is 13.7. The minimum atomic E-state index is -1.02. The number of methoxy groups -OCH3 is 2. The third kappa shape index (κ3) is 10.5. The van der Waals surface area contributed by atoms with E-state index in [1.54, 1.807) is 37.3 Å². The first-order valence-corrected chi connectivity index (χ1v) is 17.4. The van der Waals surface area contributed by atoms with Gasteiger partial charge in [-0.1, -0.05) is 20.8 Å². The maximum absolute atomic E-state index is 14.0. The fourth-order valence-corrected chi connectivity index (χ4v) is 6.36. The highest BCUT2D eigenvalue weighted by molar-refractivity contribution is 6.48. The van der Waals surface area contributed by atoms with Crippen molar-refractivity contribution in [2.24, 2.45) is 17.3 Å². The Balaban J connectivity index is 2.40. The lowest BCUT2D eigenvalue weighted by molar-refractivity contribution is 0.00989. The van der Waals surface area contributed by atoms with Gasteiger partial charge >= 0.3 is 6.09 Å². The van der Waals surface area contributed by atoms with Crippen molar-refractivity contribution < 1.29 is 33.0 Å². The number of rotatable bonds is 13. The van der Waals surface area contributed by atoms with Crippen LogP contribution in [0.1, 0.15) is 72.2 Å². The molecule has 1 aliphatic rings. The predicted molar refractivity (Wildman–Crippen MR) is 168 cm³/mol. The van der Waals surface area contributed by atoms with Crippen molar-refractivity contribution in [2.45, 2.75) is 92.7 Å². The first-order chi connectivity index (χ1) is 19.5. The van der Waals surface area contributed by atoms with E-state index in [1.165, 1.54) is 0 Å². The number of amides is 2. The average molecular weight is 608 g/mol. The van der Waals surface area contributed by atoms with Crippen LogP contribution >= 0.6 is 0 Å². The van der Waals surface area contributed by atoms with E-state index in [0.717, 1.165) is 6.42 Å². The summed E-state index contributed by atoms with van der Waals surface area (Å²) in [6.45, 7) is 23.1. The highest BCUT2D eigenvalue weighted by Gasteiger charge is 2.46. The van der Waals surface area contributed by atoms with Crippen molar-refractivity contribution in [3.8, 4) is 11.5 Å². The van der Waals surface area contributed by atoms with Crippen LogP contribution in [0.25, 0.3) is 0 Å². The molecule has 0 bridgehead atoms. The second kappa shape index (κ2) is 15.4. The van der Waals surface area contributed by atoms with Crippen molar-refractivity contribution in [1.82, 2.24) is 9.80 Å². The third-order valence-electron chi connectivity index (χ3n) is 7.22. The zero-order valence-electron chi connectivity index (χ0n) is 28.0. The fraction of sp³-hybridized carbons (Fsp3) is 0.750. The van der Waals surface area contributed by atoms with Gasteiger partial charge in [0.2, 0.25) is 9.04 Å². The summed E-state index contributed by atoms with van der Waals surface area (Å²) in [5.41, 5.74) is -0.210. The number of carbonyl (C=O) groups excluding carboxylic acids is 2. The zero-order chi connectivity index (χ0) is 31.8. The van der Waals surface area contributed by atoms with Crippen LogP contribution in [-0.4, -0.2) is 95.7 Å². The van der Waals surface area contributed by atoms with Crippen LogP contribution in [0.5, 0.6) is 11.5 Å². The lowest BCUT2D eigenvalue weighted by Crippen LogP contribution is -2.47. The highest BCUT2D eigenvalue weighted by Crippen LogP contribution is 2.39. The maximum atomic E-state index is 14.0. The van der Waals surface area contributed by atoms with Gasteiger partial charge in [-0.15, -0.1) is 0 Å². The summed E-state index contributed by atoms with van der Waals surface area (Å²) in [7, 11) is 2.23. The Hall–Kier alpha value is -2.30. The van der Waals surface area contributed by atoms with Crippen LogP contribution in [-0.2, 0) is 13.9 Å². The number of ether oxygens (including phenoxy) is 4. The van der Waals surface area contributed by atoms with Gasteiger partial charge in [0, 0.05) is 63.2 Å². The maximum Gasteiger partial charge on any atom is 0.410 e. The van der Waals surface area contributed by atoms with Crippen molar-refractivity contribution in [3.05, 3.63) is 23.8 Å². The normalized spacial score (nSPS) is 18.4. The van der Waals surface area contributed by atoms with Crippen molar-refractivity contribution >= 4 is 21.0 Å². The van der Waals surface area contributed by atoms with Gasteiger partial charge in [-0.2, -0.15) is 0 Å². The molecular formula is C32H55N2O7Si. The van der Waals surface area contributed by atoms with Gasteiger partial charge in [0.25, 0.3) is 5.91 Å². The van der Waals surface area contributed by atoms with Gasteiger partial charge < -0.3 is 33.2 Å². The quantitative estimate of drug-likeness (QED) is 0.197. The summed E-state index contributed by atoms with van der Waals surface area (Å²) in [5, 5.41) is 0. The third-order valence-corrected chi connectivity index (χ3v) is 7.95. The fourth-order valence-electron chi connectivity index (χ4n) is 5.32. The number of benzene rings is 1. The minimum absolute atomic E-state index is 0.0115. The number of hydrogen-bond donors (Lipinski definition) is 0. The number of hydrogen-bond acceptors (Lipinski definition) is 7. The zero-order valence-corrected chi connectivity index (χ0v) is 29.0. The molecule has 10 heteroatoms. The Kier molecular flexibility index (Phi) is 13.2. The van der Waals surface area contributed by atoms with Gasteiger partial charge in [-0.25, -0.2) is 4.79 Å². The molecule has 3 atom stereocenters. The van der Waals surface area contributed by atoms with Crippen LogP contribution in [0.15, 0.2) is 18.2 Å². The van der Waals surface area contributed by atoms with Gasteiger partial charge in [0.05, 0.1) is 19.8 Å². The van der Waals surface area contributed by atoms with Gasteiger partial charge in [0.1, 0.15) is 5.60 Å². The molecule has 3 unspecified atom stereocenters. The van der Waals surface area contributed by atoms with Gasteiger partial charge in [-0.3, -0.25) is 4.79 Å². The smallest absolute Gasteiger partial charge is 0.410 e. The number of likely N-dealkylation sites (tertiary alicyclic amines) is 1. The summed E-state index contributed by atoms with van der Waals surface area (Å²) in [5.74, 6) is 1.07. The van der Waals surface area contributed by atoms with Crippen LogP contribution < -0.4 is 9.47 Å². The molecule has 1 aliphatic heterocycles. The molecule has 0 spiro atoms. The van der Waals surface area contributed by atoms with Crippen LogP contribution in [0.3, 0.4) is 0 Å². The molecule has 42 heavy (non-hydrogen) atoms. The van der Waals surface area contributed by atoms with E-state index < -0.39 is 14.6 Å². The summed E-state index contributed by atoms with van der Waals surface area (Å²) in [4.78, 5) is 30.9. The molecule has 1 aromatic carbocycles. The van der Waals surface area contributed by atoms with Gasteiger partial charge in [-0.05, 0) is 71.3 Å². The molecule has 0 aliphatic carbocycles. The molecule has 0 N–H and O–H groups in total. The average Bonchev–Trinajstić information content (AvgIpc) is 3.29. The molecule has 1 saturated heterocycles. The Labute approximate surface area is 255 Å². The largest absolute Gasteiger partial charge is 0.493 e. The predicted octanol–water partition coefficient (Wildman–Crippen LogP) is 6.13.